The number of hydrogen-bond donors (Lipinski definition) is 6. The van der Waals surface area contributed by atoms with Crippen LogP contribution in [0.4, 0.5) is 0 Å². The molecule has 2 bridgehead atoms. The summed E-state index contributed by atoms with van der Waals surface area (Å²) in [6, 6.07) is 0. The van der Waals surface area contributed by atoms with Gasteiger partial charge in [-0.2, -0.15) is 0 Å². The molecule has 0 aliphatic carbocycles. The topological polar surface area (TPSA) is 72.2 Å². The van der Waals surface area contributed by atoms with Crippen LogP contribution in [0.3, 0.4) is 0 Å². The first-order chi connectivity index (χ1) is 16.2. The van der Waals surface area contributed by atoms with E-state index >= 15 is 0 Å². The van der Waals surface area contributed by atoms with Gasteiger partial charge in [0, 0.05) is 84.0 Å². The third-order valence-electron chi connectivity index (χ3n) is 7.32. The molecule has 3 aliphatic rings. The largest absolute Gasteiger partial charge is 0.315 e. The molecule has 3 saturated heterocycles. The molecule has 6 N–H and O–H groups in total. The predicted molar refractivity (Wildman–Crippen MR) is 145 cm³/mol. The fourth-order valence-electron chi connectivity index (χ4n) is 5.16. The summed E-state index contributed by atoms with van der Waals surface area (Å²) in [4.78, 5) is -0.284. The number of fused-ring (bicyclic) bond motifs is 15. The summed E-state index contributed by atoms with van der Waals surface area (Å²) in [5.41, 5.74) is 0.268. The van der Waals surface area contributed by atoms with Gasteiger partial charge >= 0.3 is 0 Å². The maximum absolute atomic E-state index is 6.94. The average molecular weight is 487 g/mol. The Morgan fingerprint density at radius 1 is 0.485 bits per heavy atom. The molecule has 33 heavy (non-hydrogen) atoms. The summed E-state index contributed by atoms with van der Waals surface area (Å²) in [5, 5.41) is 22.1. The van der Waals surface area contributed by atoms with E-state index in [1.807, 2.05) is 0 Å². The van der Waals surface area contributed by atoms with Crippen LogP contribution in [-0.2, 0) is 0 Å². The first-order valence-electron chi connectivity index (χ1n) is 14.1. The Morgan fingerprint density at radius 2 is 0.818 bits per heavy atom. The second kappa shape index (κ2) is 18.3. The maximum Gasteiger partial charge on any atom is 0.0818 e. The smallest absolute Gasteiger partial charge is 0.0818 e. The minimum atomic E-state index is -0.284. The summed E-state index contributed by atoms with van der Waals surface area (Å²) < 4.78 is 0. The Kier molecular flexibility index (Phi) is 16.3. The van der Waals surface area contributed by atoms with Gasteiger partial charge in [0.2, 0.25) is 0 Å². The number of nitrogens with one attached hydrogen (secondary N) is 6. The molecule has 0 aromatic carbocycles. The molecular formula is C26H55ClN6. The molecule has 0 amide bonds. The number of halogens is 1. The summed E-state index contributed by atoms with van der Waals surface area (Å²) in [5.74, 6) is 0. The molecule has 3 heterocycles. The van der Waals surface area contributed by atoms with Crippen molar-refractivity contribution in [2.75, 3.05) is 78.5 Å². The highest BCUT2D eigenvalue weighted by Crippen LogP contribution is 2.24. The van der Waals surface area contributed by atoms with Crippen molar-refractivity contribution >= 4 is 11.6 Å². The van der Waals surface area contributed by atoms with Crippen molar-refractivity contribution in [2.24, 2.45) is 5.41 Å². The molecule has 3 rings (SSSR count). The maximum atomic E-state index is 6.94. The minimum Gasteiger partial charge on any atom is -0.315 e. The van der Waals surface area contributed by atoms with Gasteiger partial charge in [0.25, 0.3) is 0 Å². The van der Waals surface area contributed by atoms with Crippen LogP contribution in [0.5, 0.6) is 0 Å². The first kappa shape index (κ1) is 29.3. The van der Waals surface area contributed by atoms with Crippen LogP contribution in [0.15, 0.2) is 0 Å². The lowest BCUT2D eigenvalue weighted by Gasteiger charge is -2.36. The number of hydrogen-bond acceptors (Lipinski definition) is 6. The zero-order valence-electron chi connectivity index (χ0n) is 21.6. The van der Waals surface area contributed by atoms with Gasteiger partial charge < -0.3 is 31.9 Å². The Bertz CT molecular complexity index is 421. The number of alkyl halides is 1. The first-order valence-corrected chi connectivity index (χ1v) is 14.5. The van der Waals surface area contributed by atoms with Crippen LogP contribution in [0, 0.1) is 5.41 Å². The monoisotopic (exact) mass is 486 g/mol. The Balaban J connectivity index is 1.82. The second-order valence-corrected chi connectivity index (χ2v) is 11.4. The highest BCUT2D eigenvalue weighted by molar-refractivity contribution is 6.24. The van der Waals surface area contributed by atoms with Gasteiger partial charge in [-0.05, 0) is 6.42 Å². The quantitative estimate of drug-likeness (QED) is 0.199. The van der Waals surface area contributed by atoms with Crippen LogP contribution in [0.2, 0.25) is 0 Å². The van der Waals surface area contributed by atoms with Crippen molar-refractivity contribution in [3.63, 3.8) is 0 Å². The van der Waals surface area contributed by atoms with Gasteiger partial charge in [0.15, 0.2) is 0 Å². The minimum absolute atomic E-state index is 0.268. The van der Waals surface area contributed by atoms with E-state index in [4.69, 9.17) is 11.6 Å². The van der Waals surface area contributed by atoms with Gasteiger partial charge in [0.05, 0.1) is 4.87 Å². The molecule has 0 unspecified atom stereocenters. The van der Waals surface area contributed by atoms with Gasteiger partial charge in [0.1, 0.15) is 0 Å². The Morgan fingerprint density at radius 3 is 1.21 bits per heavy atom. The van der Waals surface area contributed by atoms with E-state index < -0.39 is 0 Å². The molecule has 3 fully saturated rings. The van der Waals surface area contributed by atoms with E-state index in [2.05, 4.69) is 38.8 Å². The predicted octanol–water partition coefficient (Wildman–Crippen LogP) is 2.83. The van der Waals surface area contributed by atoms with Gasteiger partial charge in [-0.3, -0.25) is 0 Å². The molecule has 0 aromatic rings. The Labute approximate surface area is 209 Å². The molecule has 7 heteroatoms. The van der Waals surface area contributed by atoms with Crippen molar-refractivity contribution in [1.29, 1.82) is 0 Å². The molecule has 3 aliphatic heterocycles. The lowest BCUT2D eigenvalue weighted by molar-refractivity contribution is 0.218. The summed E-state index contributed by atoms with van der Waals surface area (Å²) >= 11 is 6.94. The summed E-state index contributed by atoms with van der Waals surface area (Å²) in [7, 11) is 0. The van der Waals surface area contributed by atoms with Crippen molar-refractivity contribution in [2.45, 2.75) is 82.4 Å². The molecule has 0 atom stereocenters. The molecule has 0 radical (unpaired) electrons. The lowest BCUT2D eigenvalue weighted by Crippen LogP contribution is -2.55. The highest BCUT2D eigenvalue weighted by atomic mass is 35.5. The average Bonchev–Trinajstić information content (AvgIpc) is 2.81. The molecular weight excluding hydrogens is 432 g/mol. The fraction of sp³-hybridized carbons (Fsp3) is 1.00. The highest BCUT2D eigenvalue weighted by Gasteiger charge is 2.30. The van der Waals surface area contributed by atoms with Crippen LogP contribution in [0.25, 0.3) is 0 Å². The zero-order valence-corrected chi connectivity index (χ0v) is 22.4. The summed E-state index contributed by atoms with van der Waals surface area (Å²) in [6.45, 7) is 13.8. The number of rotatable bonds is 11. The SMILES string of the molecule is CCCCCCCCCCCCC12CNCCNCC(Cl)(CNCCNC1)CNCCNC2. The van der Waals surface area contributed by atoms with Crippen LogP contribution < -0.4 is 31.9 Å². The van der Waals surface area contributed by atoms with Crippen molar-refractivity contribution < 1.29 is 0 Å². The number of unbranched alkanes of at least 4 members (excludes halogenated alkanes) is 9. The fourth-order valence-corrected chi connectivity index (χ4v) is 5.44. The second-order valence-electron chi connectivity index (χ2n) is 10.6. The third-order valence-corrected chi connectivity index (χ3v) is 7.72. The normalized spacial score (nSPS) is 28.9. The van der Waals surface area contributed by atoms with E-state index in [1.165, 1.54) is 70.6 Å². The standard InChI is InChI=1S/C26H55ClN6/c1-2-3-4-5-6-7-8-9-10-11-12-25-19-28-13-16-31-22-26(27,23-32-17-14-29-20-25)24-33-18-15-30-21-25/h28-33H,2-24H2,1H3. The molecule has 6 nitrogen and oxygen atoms in total. The van der Waals surface area contributed by atoms with Gasteiger partial charge in [-0.1, -0.05) is 71.1 Å². The van der Waals surface area contributed by atoms with Crippen LogP contribution in [-0.4, -0.2) is 83.4 Å². The lowest BCUT2D eigenvalue weighted by atomic mass is 9.81. The third kappa shape index (κ3) is 13.6. The van der Waals surface area contributed by atoms with Crippen molar-refractivity contribution in [3.05, 3.63) is 0 Å². The van der Waals surface area contributed by atoms with E-state index in [0.29, 0.717) is 0 Å². The van der Waals surface area contributed by atoms with E-state index in [-0.39, 0.29) is 10.3 Å². The molecule has 0 saturated carbocycles. The summed E-state index contributed by atoms with van der Waals surface area (Å²) in [6.07, 6.45) is 15.3. The zero-order chi connectivity index (χ0) is 23.5. The van der Waals surface area contributed by atoms with E-state index in [1.54, 1.807) is 0 Å². The van der Waals surface area contributed by atoms with Gasteiger partial charge in [-0.15, -0.1) is 11.6 Å². The van der Waals surface area contributed by atoms with Crippen molar-refractivity contribution in [1.82, 2.24) is 31.9 Å². The van der Waals surface area contributed by atoms with E-state index in [9.17, 15) is 0 Å². The van der Waals surface area contributed by atoms with E-state index in [0.717, 1.165) is 78.5 Å². The van der Waals surface area contributed by atoms with Crippen LogP contribution >= 0.6 is 11.6 Å². The Hall–Kier alpha value is 0.0500. The molecule has 0 aromatic heterocycles. The van der Waals surface area contributed by atoms with Crippen molar-refractivity contribution in [3.8, 4) is 0 Å². The van der Waals surface area contributed by atoms with Gasteiger partial charge in [-0.25, -0.2) is 0 Å². The molecule has 0 spiro atoms. The molecule has 196 valence electrons. The van der Waals surface area contributed by atoms with Crippen LogP contribution in [0.1, 0.15) is 77.6 Å².